The molecule has 0 fully saturated rings. The standard InChI is InChI=1S/C28H40N2.2C5H4F6O2.Ni/c1-17(2)23-13-11-14-24(18(3)4)27(23)29-21(9)22(10)30-28-25(19(5)6)15-12-16-26(28)20(7)8;2*6-4(7,8)2(12)1-3(13)5(9,10)11;/h11-20H,1-10H3;2*1-2,12-13H;. The van der Waals surface area contributed by atoms with Crippen molar-refractivity contribution >= 4 is 22.8 Å². The first-order valence-corrected chi connectivity index (χ1v) is 17.0. The van der Waals surface area contributed by atoms with Crippen molar-refractivity contribution in [1.29, 1.82) is 0 Å². The fourth-order valence-electron chi connectivity index (χ4n) is 4.46. The Morgan fingerprint density at radius 2 is 0.702 bits per heavy atom. The maximum atomic E-state index is 11.4. The molecule has 6 nitrogen and oxygen atoms in total. The number of hydrogen-bond donors (Lipinski definition) is 4. The molecule has 328 valence electrons. The van der Waals surface area contributed by atoms with E-state index in [9.17, 15) is 52.7 Å². The summed E-state index contributed by atoms with van der Waals surface area (Å²) >= 11 is 0. The SMILES string of the molecule is CC(=Nc1c(C(C)C)cccc1C(C)C)C(C)=Nc1c(C(C)C)cccc1C(C)C.OC(=CC(O)C(F)(F)F)C(F)(F)F.OC(=CC(O)C(F)(F)F)C(F)(F)F.[Ni]. The Morgan fingerprint density at radius 3 is 0.860 bits per heavy atom. The second kappa shape index (κ2) is 22.5. The van der Waals surface area contributed by atoms with Gasteiger partial charge in [-0.1, -0.05) is 91.8 Å². The molecule has 0 aromatic heterocycles. The van der Waals surface area contributed by atoms with Crippen LogP contribution in [-0.2, 0) is 16.5 Å². The Balaban J connectivity index is 0. The molecule has 2 aromatic carbocycles. The van der Waals surface area contributed by atoms with Gasteiger partial charge in [-0.2, -0.15) is 52.7 Å². The van der Waals surface area contributed by atoms with Crippen LogP contribution < -0.4 is 0 Å². The minimum Gasteiger partial charge on any atom is -0.504 e. The van der Waals surface area contributed by atoms with E-state index in [4.69, 9.17) is 30.4 Å². The minimum atomic E-state index is -5.29. The number of rotatable bonds is 9. The third kappa shape index (κ3) is 18.7. The van der Waals surface area contributed by atoms with Crippen LogP contribution in [0.4, 0.5) is 64.1 Å². The van der Waals surface area contributed by atoms with Gasteiger partial charge in [0.25, 0.3) is 0 Å². The molecular formula is C38H48F12N2NiO4. The van der Waals surface area contributed by atoms with Crippen molar-refractivity contribution in [3.05, 3.63) is 82.3 Å². The van der Waals surface area contributed by atoms with Crippen LogP contribution in [0.2, 0.25) is 0 Å². The molecule has 19 heteroatoms. The molecule has 0 spiro atoms. The van der Waals surface area contributed by atoms with E-state index in [1.54, 1.807) is 0 Å². The van der Waals surface area contributed by atoms with E-state index in [1.165, 1.54) is 22.3 Å². The maximum absolute atomic E-state index is 11.4. The number of aliphatic hydroxyl groups excluding tert-OH is 4. The van der Waals surface area contributed by atoms with Crippen molar-refractivity contribution in [1.82, 2.24) is 0 Å². The summed E-state index contributed by atoms with van der Waals surface area (Å²) in [5.74, 6) is -3.22. The largest absolute Gasteiger partial charge is 0.504 e. The van der Waals surface area contributed by atoms with Crippen molar-refractivity contribution in [3.8, 4) is 0 Å². The van der Waals surface area contributed by atoms with Crippen LogP contribution in [0.3, 0.4) is 0 Å². The van der Waals surface area contributed by atoms with Crippen molar-refractivity contribution in [2.75, 3.05) is 0 Å². The molecule has 4 N–H and O–H groups in total. The van der Waals surface area contributed by atoms with E-state index in [-0.39, 0.29) is 16.5 Å². The Kier molecular flexibility index (Phi) is 22.0. The smallest absolute Gasteiger partial charge is 0.448 e. The molecule has 57 heavy (non-hydrogen) atoms. The summed E-state index contributed by atoms with van der Waals surface area (Å²) in [7, 11) is 0. The van der Waals surface area contributed by atoms with Crippen LogP contribution in [0, 0.1) is 0 Å². The zero-order valence-corrected chi connectivity index (χ0v) is 33.6. The predicted molar refractivity (Wildman–Crippen MR) is 192 cm³/mol. The average molecular weight is 883 g/mol. The van der Waals surface area contributed by atoms with Crippen LogP contribution in [0.25, 0.3) is 0 Å². The monoisotopic (exact) mass is 882 g/mol. The van der Waals surface area contributed by atoms with E-state index >= 15 is 0 Å². The maximum Gasteiger partial charge on any atom is 0.448 e. The first kappa shape index (κ1) is 55.5. The number of benzene rings is 2. The van der Waals surface area contributed by atoms with Gasteiger partial charge in [-0.05, 0) is 59.8 Å². The number of aliphatic imine (C=N–C) groups is 2. The van der Waals surface area contributed by atoms with Gasteiger partial charge in [-0.3, -0.25) is 9.98 Å². The van der Waals surface area contributed by atoms with Gasteiger partial charge in [-0.15, -0.1) is 0 Å². The van der Waals surface area contributed by atoms with E-state index in [1.807, 2.05) is 0 Å². The van der Waals surface area contributed by atoms with Gasteiger partial charge in [0.2, 0.25) is 0 Å². The number of aliphatic hydroxyl groups is 4. The predicted octanol–water partition coefficient (Wildman–Crippen LogP) is 12.9. The number of hydrogen-bond acceptors (Lipinski definition) is 6. The molecule has 2 rings (SSSR count). The molecule has 2 aromatic rings. The van der Waals surface area contributed by atoms with Gasteiger partial charge in [-0.25, -0.2) is 0 Å². The topological polar surface area (TPSA) is 106 Å². The third-order valence-corrected chi connectivity index (χ3v) is 7.65. The normalized spacial score (nSPS) is 14.9. The summed E-state index contributed by atoms with van der Waals surface area (Å²) < 4.78 is 137. The Labute approximate surface area is 334 Å². The van der Waals surface area contributed by atoms with E-state index in [2.05, 4.69) is 106 Å². The summed E-state index contributed by atoms with van der Waals surface area (Å²) in [6.45, 7) is 22.1. The van der Waals surface area contributed by atoms with Crippen LogP contribution in [0.15, 0.2) is 70.1 Å². The first-order chi connectivity index (χ1) is 25.1. The quantitative estimate of drug-likeness (QED) is 0.0871. The number of alkyl halides is 12. The second-order valence-corrected chi connectivity index (χ2v) is 13.7. The molecule has 2 atom stereocenters. The Morgan fingerprint density at radius 1 is 0.491 bits per heavy atom. The number of nitrogens with zero attached hydrogens (tertiary/aromatic N) is 2. The molecule has 0 aliphatic heterocycles. The summed E-state index contributed by atoms with van der Waals surface area (Å²) in [5.41, 5.74) is 9.43. The van der Waals surface area contributed by atoms with Crippen LogP contribution in [-0.4, -0.2) is 68.8 Å². The zero-order chi connectivity index (χ0) is 44.3. The number of halogens is 12. The molecule has 0 aliphatic carbocycles. The summed E-state index contributed by atoms with van der Waals surface area (Å²) in [6, 6.07) is 13.2. The van der Waals surface area contributed by atoms with Gasteiger partial charge in [0.05, 0.1) is 22.8 Å². The summed E-state index contributed by atoms with van der Waals surface area (Å²) in [6.07, 6.45) is -29.1. The molecular weight excluding hydrogens is 835 g/mol. The average Bonchev–Trinajstić information content (AvgIpc) is 3.03. The summed E-state index contributed by atoms with van der Waals surface area (Å²) in [5, 5.41) is 32.1. The Bertz CT molecular complexity index is 1510. The minimum absolute atomic E-state index is 0. The molecule has 0 amide bonds. The van der Waals surface area contributed by atoms with Crippen molar-refractivity contribution in [2.24, 2.45) is 9.98 Å². The van der Waals surface area contributed by atoms with Crippen molar-refractivity contribution in [2.45, 2.75) is 130 Å². The molecule has 0 bridgehead atoms. The Hall–Kier alpha value is -3.57. The molecule has 0 aliphatic rings. The van der Waals surface area contributed by atoms with Gasteiger partial charge < -0.3 is 20.4 Å². The number of para-hydroxylation sites is 2. The van der Waals surface area contributed by atoms with Gasteiger partial charge in [0, 0.05) is 28.6 Å². The fraction of sp³-hybridized carbons (Fsp3) is 0.526. The van der Waals surface area contributed by atoms with Crippen LogP contribution in [0.5, 0.6) is 0 Å². The third-order valence-electron chi connectivity index (χ3n) is 7.65. The van der Waals surface area contributed by atoms with E-state index in [0.29, 0.717) is 23.7 Å². The van der Waals surface area contributed by atoms with Crippen molar-refractivity contribution < 1.29 is 89.6 Å². The second-order valence-electron chi connectivity index (χ2n) is 13.7. The van der Waals surface area contributed by atoms with Crippen LogP contribution >= 0.6 is 0 Å². The molecule has 0 radical (unpaired) electrons. The van der Waals surface area contributed by atoms with E-state index in [0.717, 1.165) is 22.8 Å². The molecule has 0 saturated heterocycles. The molecule has 0 saturated carbocycles. The van der Waals surface area contributed by atoms with Gasteiger partial charge in [0.1, 0.15) is 0 Å². The van der Waals surface area contributed by atoms with Gasteiger partial charge in [0.15, 0.2) is 23.7 Å². The van der Waals surface area contributed by atoms with E-state index < -0.39 is 60.6 Å². The van der Waals surface area contributed by atoms with Gasteiger partial charge >= 0.3 is 24.7 Å². The summed E-state index contributed by atoms with van der Waals surface area (Å²) in [4.78, 5) is 10.3. The fourth-order valence-corrected chi connectivity index (χ4v) is 4.46. The van der Waals surface area contributed by atoms with Crippen LogP contribution in [0.1, 0.15) is 115 Å². The number of allylic oxidation sites excluding steroid dienone is 2. The molecule has 2 unspecified atom stereocenters. The zero-order valence-electron chi connectivity index (χ0n) is 32.6. The first-order valence-electron chi connectivity index (χ1n) is 17.0. The van der Waals surface area contributed by atoms with Crippen molar-refractivity contribution in [3.63, 3.8) is 0 Å². The molecule has 0 heterocycles.